The fourth-order valence-electron chi connectivity index (χ4n) is 2.26. The van der Waals surface area contributed by atoms with Crippen LogP contribution in [0.2, 0.25) is 0 Å². The number of hydrogen-bond acceptors (Lipinski definition) is 4. The fraction of sp³-hybridized carbons (Fsp3) is 0.833. The zero-order chi connectivity index (χ0) is 13.6. The van der Waals surface area contributed by atoms with Crippen LogP contribution in [0.15, 0.2) is 0 Å². The number of rotatable bonds is 7. The van der Waals surface area contributed by atoms with Gasteiger partial charge < -0.3 is 16.2 Å². The molecule has 0 aliphatic heterocycles. The standard InChI is InChI=1S/C12H22N2O3S/c1-18-12(6-2-3-7-12)8-14-11(17)9(13)4-5-10(15)16/h9H,2-8,13H2,1H3,(H,14,17)(H,15,16). The maximum atomic E-state index is 11.7. The number of carboxylic acids is 1. The Hall–Kier alpha value is -0.750. The van der Waals surface area contributed by atoms with Crippen molar-refractivity contribution in [2.24, 2.45) is 5.73 Å². The Kier molecular flexibility index (Phi) is 5.95. The quantitative estimate of drug-likeness (QED) is 0.643. The normalized spacial score (nSPS) is 19.4. The van der Waals surface area contributed by atoms with Gasteiger partial charge in [-0.25, -0.2) is 0 Å². The summed E-state index contributed by atoms with van der Waals surface area (Å²) in [6, 6.07) is -0.721. The first-order chi connectivity index (χ1) is 8.49. The Morgan fingerprint density at radius 1 is 1.44 bits per heavy atom. The highest BCUT2D eigenvalue weighted by Crippen LogP contribution is 2.39. The summed E-state index contributed by atoms with van der Waals surface area (Å²) in [4.78, 5) is 22.1. The van der Waals surface area contributed by atoms with Gasteiger partial charge in [-0.2, -0.15) is 11.8 Å². The summed E-state index contributed by atoms with van der Waals surface area (Å²) < 4.78 is 0.155. The van der Waals surface area contributed by atoms with Gasteiger partial charge in [-0.3, -0.25) is 9.59 Å². The lowest BCUT2D eigenvalue weighted by Gasteiger charge is -2.27. The second-order valence-corrected chi connectivity index (χ2v) is 6.13. The van der Waals surface area contributed by atoms with Gasteiger partial charge in [-0.1, -0.05) is 12.8 Å². The molecule has 0 bridgehead atoms. The maximum absolute atomic E-state index is 11.7. The van der Waals surface area contributed by atoms with Crippen molar-refractivity contribution in [2.45, 2.75) is 49.3 Å². The van der Waals surface area contributed by atoms with Crippen LogP contribution in [0.25, 0.3) is 0 Å². The predicted molar refractivity (Wildman–Crippen MR) is 72.6 cm³/mol. The molecule has 0 saturated heterocycles. The van der Waals surface area contributed by atoms with Crippen molar-refractivity contribution < 1.29 is 14.7 Å². The summed E-state index contributed by atoms with van der Waals surface area (Å²) in [6.07, 6.45) is 6.86. The molecule has 0 radical (unpaired) electrons. The van der Waals surface area contributed by atoms with Crippen molar-refractivity contribution in [1.82, 2.24) is 5.32 Å². The molecule has 1 saturated carbocycles. The number of thioether (sulfide) groups is 1. The first-order valence-electron chi connectivity index (χ1n) is 6.29. The van der Waals surface area contributed by atoms with E-state index in [1.807, 2.05) is 0 Å². The van der Waals surface area contributed by atoms with Gasteiger partial charge in [0.1, 0.15) is 0 Å². The monoisotopic (exact) mass is 274 g/mol. The van der Waals surface area contributed by atoms with Gasteiger partial charge >= 0.3 is 5.97 Å². The van der Waals surface area contributed by atoms with Crippen molar-refractivity contribution in [3.05, 3.63) is 0 Å². The van der Waals surface area contributed by atoms with Crippen molar-refractivity contribution >= 4 is 23.6 Å². The van der Waals surface area contributed by atoms with E-state index in [4.69, 9.17) is 10.8 Å². The summed E-state index contributed by atoms with van der Waals surface area (Å²) >= 11 is 1.80. The first kappa shape index (κ1) is 15.3. The highest BCUT2D eigenvalue weighted by atomic mass is 32.2. The number of hydrogen-bond donors (Lipinski definition) is 3. The molecule has 0 heterocycles. The number of carbonyl (C=O) groups is 2. The van der Waals surface area contributed by atoms with Crippen LogP contribution in [0, 0.1) is 0 Å². The van der Waals surface area contributed by atoms with Crippen LogP contribution in [0.4, 0.5) is 0 Å². The summed E-state index contributed by atoms with van der Waals surface area (Å²) in [7, 11) is 0. The summed E-state index contributed by atoms with van der Waals surface area (Å²) in [6.45, 7) is 0.633. The summed E-state index contributed by atoms with van der Waals surface area (Å²) in [5, 5.41) is 11.4. The number of amides is 1. The Morgan fingerprint density at radius 3 is 2.56 bits per heavy atom. The molecule has 0 aromatic heterocycles. The number of nitrogens with two attached hydrogens (primary N) is 1. The molecule has 5 nitrogen and oxygen atoms in total. The van der Waals surface area contributed by atoms with Crippen LogP contribution >= 0.6 is 11.8 Å². The fourth-order valence-corrected chi connectivity index (χ4v) is 3.18. The lowest BCUT2D eigenvalue weighted by Crippen LogP contribution is -2.46. The molecule has 18 heavy (non-hydrogen) atoms. The Morgan fingerprint density at radius 2 is 2.06 bits per heavy atom. The molecule has 1 aliphatic carbocycles. The molecule has 1 amide bonds. The Bertz CT molecular complexity index is 304. The van der Waals surface area contributed by atoms with Crippen LogP contribution < -0.4 is 11.1 Å². The molecular weight excluding hydrogens is 252 g/mol. The highest BCUT2D eigenvalue weighted by Gasteiger charge is 2.33. The lowest BCUT2D eigenvalue weighted by atomic mass is 10.1. The molecule has 0 aromatic carbocycles. The zero-order valence-corrected chi connectivity index (χ0v) is 11.6. The molecule has 1 rings (SSSR count). The minimum absolute atomic E-state index is 0.0672. The van der Waals surface area contributed by atoms with E-state index in [0.29, 0.717) is 6.54 Å². The third-order valence-corrected chi connectivity index (χ3v) is 4.96. The van der Waals surface area contributed by atoms with Crippen LogP contribution in [0.5, 0.6) is 0 Å². The second kappa shape index (κ2) is 6.99. The summed E-state index contributed by atoms with van der Waals surface area (Å²) in [5.41, 5.74) is 5.65. The van der Waals surface area contributed by atoms with Crippen LogP contribution in [0.3, 0.4) is 0 Å². The van der Waals surface area contributed by atoms with Crippen LogP contribution in [-0.4, -0.2) is 40.6 Å². The van der Waals surface area contributed by atoms with E-state index in [1.165, 1.54) is 12.8 Å². The Balaban J connectivity index is 2.33. The zero-order valence-electron chi connectivity index (χ0n) is 10.8. The smallest absolute Gasteiger partial charge is 0.303 e. The van der Waals surface area contributed by atoms with Crippen molar-refractivity contribution in [1.29, 1.82) is 0 Å². The van der Waals surface area contributed by atoms with Gasteiger partial charge in [0.25, 0.3) is 0 Å². The van der Waals surface area contributed by atoms with Crippen LogP contribution in [0.1, 0.15) is 38.5 Å². The van der Waals surface area contributed by atoms with Gasteiger partial charge in [-0.05, 0) is 25.5 Å². The Labute approximate surface area is 112 Å². The number of aliphatic carboxylic acids is 1. The van der Waals surface area contributed by atoms with Gasteiger partial charge in [0, 0.05) is 17.7 Å². The van der Waals surface area contributed by atoms with Gasteiger partial charge in [-0.15, -0.1) is 0 Å². The average Bonchev–Trinajstić information content (AvgIpc) is 2.82. The topological polar surface area (TPSA) is 92.4 Å². The van der Waals surface area contributed by atoms with Gasteiger partial charge in [0.05, 0.1) is 6.04 Å². The SMILES string of the molecule is CSC1(CNC(=O)C(N)CCC(=O)O)CCCC1. The molecule has 0 spiro atoms. The van der Waals surface area contributed by atoms with E-state index >= 15 is 0 Å². The third-order valence-electron chi connectivity index (χ3n) is 3.54. The van der Waals surface area contributed by atoms with Gasteiger partial charge in [0.15, 0.2) is 0 Å². The van der Waals surface area contributed by atoms with E-state index in [1.54, 1.807) is 11.8 Å². The van der Waals surface area contributed by atoms with Crippen molar-refractivity contribution in [3.8, 4) is 0 Å². The second-order valence-electron chi connectivity index (χ2n) is 4.85. The van der Waals surface area contributed by atoms with Crippen molar-refractivity contribution in [2.75, 3.05) is 12.8 Å². The van der Waals surface area contributed by atoms with Gasteiger partial charge in [0.2, 0.25) is 5.91 Å². The number of carbonyl (C=O) groups excluding carboxylic acids is 1. The highest BCUT2D eigenvalue weighted by molar-refractivity contribution is 8.00. The van der Waals surface area contributed by atoms with E-state index in [0.717, 1.165) is 12.8 Å². The van der Waals surface area contributed by atoms with E-state index in [2.05, 4.69) is 11.6 Å². The average molecular weight is 274 g/mol. The molecule has 104 valence electrons. The summed E-state index contributed by atoms with van der Waals surface area (Å²) in [5.74, 6) is -1.16. The molecular formula is C12H22N2O3S. The lowest BCUT2D eigenvalue weighted by molar-refractivity contribution is -0.137. The van der Waals surface area contributed by atoms with E-state index < -0.39 is 12.0 Å². The van der Waals surface area contributed by atoms with E-state index in [-0.39, 0.29) is 23.5 Å². The molecule has 1 aliphatic rings. The maximum Gasteiger partial charge on any atom is 0.303 e. The van der Waals surface area contributed by atoms with E-state index in [9.17, 15) is 9.59 Å². The predicted octanol–water partition coefficient (Wildman–Crippen LogP) is 0.970. The number of nitrogens with one attached hydrogen (secondary N) is 1. The first-order valence-corrected chi connectivity index (χ1v) is 7.52. The third kappa shape index (κ3) is 4.49. The molecule has 1 fully saturated rings. The molecule has 4 N–H and O–H groups in total. The minimum Gasteiger partial charge on any atom is -0.481 e. The molecule has 6 heteroatoms. The largest absolute Gasteiger partial charge is 0.481 e. The molecule has 1 atom stereocenters. The minimum atomic E-state index is -0.922. The van der Waals surface area contributed by atoms with Crippen LogP contribution in [-0.2, 0) is 9.59 Å². The molecule has 0 aromatic rings. The van der Waals surface area contributed by atoms with Crippen molar-refractivity contribution in [3.63, 3.8) is 0 Å². The number of carboxylic acid groups (broad SMARTS) is 1. The molecule has 1 unspecified atom stereocenters.